The van der Waals surface area contributed by atoms with Crippen LogP contribution in [-0.2, 0) is 19.1 Å². The van der Waals surface area contributed by atoms with Gasteiger partial charge in [0.15, 0.2) is 0 Å². The van der Waals surface area contributed by atoms with Crippen LogP contribution in [0.5, 0.6) is 0 Å². The minimum atomic E-state index is -0.581. The van der Waals surface area contributed by atoms with Crippen molar-refractivity contribution < 1.29 is 19.1 Å². The van der Waals surface area contributed by atoms with Gasteiger partial charge in [0.25, 0.3) is 0 Å². The second-order valence-electron chi connectivity index (χ2n) is 6.09. The molecule has 114 valence electrons. The molecule has 2 rings (SSSR count). The van der Waals surface area contributed by atoms with Gasteiger partial charge in [-0.05, 0) is 44.9 Å². The van der Waals surface area contributed by atoms with E-state index in [9.17, 15) is 9.59 Å². The molecule has 0 N–H and O–H groups in total. The Morgan fingerprint density at radius 2 is 1.80 bits per heavy atom. The van der Waals surface area contributed by atoms with Crippen molar-refractivity contribution in [3.8, 4) is 0 Å². The molecule has 4 heteroatoms. The molecule has 2 saturated carbocycles. The van der Waals surface area contributed by atoms with E-state index in [-0.39, 0.29) is 18.0 Å². The van der Waals surface area contributed by atoms with Gasteiger partial charge in [-0.3, -0.25) is 9.59 Å². The molecule has 0 spiro atoms. The summed E-state index contributed by atoms with van der Waals surface area (Å²) >= 11 is 0. The number of ether oxygens (including phenoxy) is 2. The van der Waals surface area contributed by atoms with Gasteiger partial charge < -0.3 is 9.47 Å². The predicted molar refractivity (Wildman–Crippen MR) is 75.0 cm³/mol. The van der Waals surface area contributed by atoms with Crippen molar-refractivity contribution in [3.05, 3.63) is 0 Å². The van der Waals surface area contributed by atoms with E-state index >= 15 is 0 Å². The molecule has 0 aromatic rings. The van der Waals surface area contributed by atoms with E-state index in [0.717, 1.165) is 32.1 Å². The Morgan fingerprint density at radius 3 is 2.40 bits per heavy atom. The lowest BCUT2D eigenvalue weighted by Gasteiger charge is -2.41. The number of rotatable bonds is 4. The lowest BCUT2D eigenvalue weighted by molar-refractivity contribution is -0.176. The summed E-state index contributed by atoms with van der Waals surface area (Å²) in [5.41, 5.74) is -0.581. The van der Waals surface area contributed by atoms with Crippen LogP contribution in [0.1, 0.15) is 65.2 Å². The van der Waals surface area contributed by atoms with Crippen molar-refractivity contribution in [1.29, 1.82) is 0 Å². The maximum absolute atomic E-state index is 12.6. The summed E-state index contributed by atoms with van der Waals surface area (Å²) in [7, 11) is 0. The van der Waals surface area contributed by atoms with Crippen LogP contribution in [0, 0.1) is 11.3 Å². The minimum absolute atomic E-state index is 0.143. The summed E-state index contributed by atoms with van der Waals surface area (Å²) in [5.74, 6) is -0.126. The second-order valence-corrected chi connectivity index (χ2v) is 6.09. The Labute approximate surface area is 121 Å². The lowest BCUT2D eigenvalue weighted by Crippen LogP contribution is -2.48. The molecule has 0 radical (unpaired) electrons. The number of carbonyl (C=O) groups is 2. The number of esters is 2. The van der Waals surface area contributed by atoms with Gasteiger partial charge in [0.1, 0.15) is 11.5 Å². The van der Waals surface area contributed by atoms with Crippen LogP contribution in [0.3, 0.4) is 0 Å². The Kier molecular flexibility index (Phi) is 5.06. The first kappa shape index (κ1) is 15.3. The van der Waals surface area contributed by atoms with Crippen molar-refractivity contribution >= 4 is 11.9 Å². The molecule has 0 aromatic heterocycles. The molecule has 0 bridgehead atoms. The molecule has 0 aliphatic heterocycles. The van der Waals surface area contributed by atoms with Crippen LogP contribution in [0.4, 0.5) is 0 Å². The smallest absolute Gasteiger partial charge is 0.316 e. The summed E-state index contributed by atoms with van der Waals surface area (Å²) in [4.78, 5) is 24.0. The minimum Gasteiger partial charge on any atom is -0.465 e. The molecule has 2 atom stereocenters. The van der Waals surface area contributed by atoms with E-state index in [1.807, 2.05) is 6.92 Å². The first-order chi connectivity index (χ1) is 9.61. The Morgan fingerprint density at radius 1 is 1.10 bits per heavy atom. The Balaban J connectivity index is 2.26. The van der Waals surface area contributed by atoms with Gasteiger partial charge in [0.05, 0.1) is 6.61 Å². The summed E-state index contributed by atoms with van der Waals surface area (Å²) in [6.07, 6.45) is 7.91. The normalized spacial score (nSPS) is 31.0. The molecular weight excluding hydrogens is 256 g/mol. The quantitative estimate of drug-likeness (QED) is 0.743. The van der Waals surface area contributed by atoms with Crippen molar-refractivity contribution in [1.82, 2.24) is 0 Å². The lowest BCUT2D eigenvalue weighted by atomic mass is 9.66. The molecule has 0 heterocycles. The third-order valence-electron chi connectivity index (χ3n) is 4.93. The molecule has 0 amide bonds. The van der Waals surface area contributed by atoms with E-state index < -0.39 is 5.41 Å². The van der Waals surface area contributed by atoms with Gasteiger partial charge in [-0.2, -0.15) is 0 Å². The Hall–Kier alpha value is -1.06. The highest BCUT2D eigenvalue weighted by Crippen LogP contribution is 2.51. The maximum atomic E-state index is 12.6. The van der Waals surface area contributed by atoms with Crippen LogP contribution in [0.25, 0.3) is 0 Å². The van der Waals surface area contributed by atoms with Crippen LogP contribution in [0.15, 0.2) is 0 Å². The molecule has 20 heavy (non-hydrogen) atoms. The van der Waals surface area contributed by atoms with E-state index in [1.54, 1.807) is 0 Å². The van der Waals surface area contributed by atoms with Gasteiger partial charge in [-0.15, -0.1) is 0 Å². The van der Waals surface area contributed by atoms with Crippen molar-refractivity contribution in [2.45, 2.75) is 71.3 Å². The molecule has 0 saturated heterocycles. The zero-order chi connectivity index (χ0) is 14.6. The summed E-state index contributed by atoms with van der Waals surface area (Å²) in [6.45, 7) is 3.65. The van der Waals surface area contributed by atoms with Crippen molar-refractivity contribution in [2.75, 3.05) is 6.61 Å². The monoisotopic (exact) mass is 282 g/mol. The van der Waals surface area contributed by atoms with E-state index in [2.05, 4.69) is 0 Å². The Bertz CT molecular complexity index is 359. The summed E-state index contributed by atoms with van der Waals surface area (Å²) < 4.78 is 10.9. The zero-order valence-corrected chi connectivity index (χ0v) is 12.7. The summed E-state index contributed by atoms with van der Waals surface area (Å²) in [6, 6.07) is 0. The highest BCUT2D eigenvalue weighted by Gasteiger charge is 2.56. The van der Waals surface area contributed by atoms with E-state index in [0.29, 0.717) is 12.5 Å². The number of carbonyl (C=O) groups excluding carboxylic acids is 2. The van der Waals surface area contributed by atoms with Gasteiger partial charge >= 0.3 is 11.9 Å². The molecule has 2 fully saturated rings. The zero-order valence-electron chi connectivity index (χ0n) is 12.7. The van der Waals surface area contributed by atoms with Crippen LogP contribution in [-0.4, -0.2) is 24.6 Å². The molecule has 2 aliphatic rings. The van der Waals surface area contributed by atoms with Gasteiger partial charge in [-0.1, -0.05) is 19.3 Å². The first-order valence-corrected chi connectivity index (χ1v) is 7.95. The van der Waals surface area contributed by atoms with E-state index in [1.165, 1.54) is 26.2 Å². The molecule has 2 unspecified atom stereocenters. The fourth-order valence-corrected chi connectivity index (χ4v) is 4.11. The standard InChI is InChI=1S/C16H26O4/c1-3-19-15(18)16(13-8-5-4-6-9-13)11-7-10-14(16)20-12(2)17/h13-14H,3-11H2,1-2H3. The van der Waals surface area contributed by atoms with Gasteiger partial charge in [0, 0.05) is 6.92 Å². The largest absolute Gasteiger partial charge is 0.465 e. The second kappa shape index (κ2) is 6.59. The molecular formula is C16H26O4. The number of hydrogen-bond donors (Lipinski definition) is 0. The average molecular weight is 282 g/mol. The fraction of sp³-hybridized carbons (Fsp3) is 0.875. The summed E-state index contributed by atoms with van der Waals surface area (Å²) in [5, 5.41) is 0. The molecule has 4 nitrogen and oxygen atoms in total. The SMILES string of the molecule is CCOC(=O)C1(C2CCCCC2)CCCC1OC(C)=O. The number of hydrogen-bond acceptors (Lipinski definition) is 4. The third kappa shape index (κ3) is 2.84. The topological polar surface area (TPSA) is 52.6 Å². The fourth-order valence-electron chi connectivity index (χ4n) is 4.11. The highest BCUT2D eigenvalue weighted by atomic mass is 16.6. The van der Waals surface area contributed by atoms with Crippen LogP contribution >= 0.6 is 0 Å². The van der Waals surface area contributed by atoms with Crippen molar-refractivity contribution in [2.24, 2.45) is 11.3 Å². The van der Waals surface area contributed by atoms with Gasteiger partial charge in [0.2, 0.25) is 0 Å². The maximum Gasteiger partial charge on any atom is 0.316 e. The third-order valence-corrected chi connectivity index (χ3v) is 4.93. The average Bonchev–Trinajstić information content (AvgIpc) is 2.84. The van der Waals surface area contributed by atoms with Gasteiger partial charge in [-0.25, -0.2) is 0 Å². The predicted octanol–water partition coefficient (Wildman–Crippen LogP) is 3.23. The van der Waals surface area contributed by atoms with Crippen molar-refractivity contribution in [3.63, 3.8) is 0 Å². The van der Waals surface area contributed by atoms with E-state index in [4.69, 9.17) is 9.47 Å². The first-order valence-electron chi connectivity index (χ1n) is 7.95. The molecule has 0 aromatic carbocycles. The highest BCUT2D eigenvalue weighted by molar-refractivity contribution is 5.79. The van der Waals surface area contributed by atoms with Crippen LogP contribution < -0.4 is 0 Å². The van der Waals surface area contributed by atoms with Crippen LogP contribution in [0.2, 0.25) is 0 Å². The molecule has 2 aliphatic carbocycles.